The fourth-order valence-corrected chi connectivity index (χ4v) is 4.66. The van der Waals surface area contributed by atoms with E-state index in [1.165, 1.54) is 39.2 Å². The van der Waals surface area contributed by atoms with Gasteiger partial charge in [-0.2, -0.15) is 0 Å². The second-order valence-electron chi connectivity index (χ2n) is 7.60. The van der Waals surface area contributed by atoms with E-state index in [2.05, 4.69) is 86.0 Å². The van der Waals surface area contributed by atoms with Crippen molar-refractivity contribution in [2.75, 3.05) is 18.1 Å². The van der Waals surface area contributed by atoms with Crippen LogP contribution in [0.3, 0.4) is 0 Å². The van der Waals surface area contributed by atoms with Gasteiger partial charge in [-0.3, -0.25) is 0 Å². The van der Waals surface area contributed by atoms with Gasteiger partial charge in [0, 0.05) is 24.2 Å². The molecule has 0 fully saturated rings. The van der Waals surface area contributed by atoms with Gasteiger partial charge in [0.25, 0.3) is 0 Å². The fraction of sp³-hybridized carbons (Fsp3) is 0.269. The molecule has 1 unspecified atom stereocenters. The molecular formula is C26H27NO2. The SMILES string of the molecule is C=CC(=O)OCCCN1c2ccc3ccccc3c2C2C(/C=C\C)=C(C)C=C[C@@H]21. The summed E-state index contributed by atoms with van der Waals surface area (Å²) in [5.41, 5.74) is 5.41. The number of benzene rings is 2. The molecule has 0 aromatic heterocycles. The number of fused-ring (bicyclic) bond motifs is 5. The van der Waals surface area contributed by atoms with Crippen molar-refractivity contribution in [2.24, 2.45) is 0 Å². The number of hydrogen-bond acceptors (Lipinski definition) is 3. The van der Waals surface area contributed by atoms with Crippen LogP contribution in [0.1, 0.15) is 31.7 Å². The Kier molecular flexibility index (Phi) is 5.39. The largest absolute Gasteiger partial charge is 0.462 e. The summed E-state index contributed by atoms with van der Waals surface area (Å²) >= 11 is 0. The number of nitrogens with zero attached hydrogens (tertiary/aromatic N) is 1. The summed E-state index contributed by atoms with van der Waals surface area (Å²) < 4.78 is 5.20. The van der Waals surface area contributed by atoms with Gasteiger partial charge in [-0.15, -0.1) is 0 Å². The van der Waals surface area contributed by atoms with E-state index in [9.17, 15) is 4.79 Å². The van der Waals surface area contributed by atoms with Gasteiger partial charge in [0.05, 0.1) is 12.6 Å². The Labute approximate surface area is 172 Å². The van der Waals surface area contributed by atoms with Crippen molar-refractivity contribution in [3.8, 4) is 0 Å². The van der Waals surface area contributed by atoms with Crippen LogP contribution in [0.4, 0.5) is 5.69 Å². The maximum Gasteiger partial charge on any atom is 0.330 e. The van der Waals surface area contributed by atoms with Gasteiger partial charge in [0.15, 0.2) is 0 Å². The van der Waals surface area contributed by atoms with E-state index in [1.807, 2.05) is 0 Å². The minimum Gasteiger partial charge on any atom is -0.462 e. The number of esters is 1. The van der Waals surface area contributed by atoms with E-state index in [-0.39, 0.29) is 12.0 Å². The first-order valence-corrected chi connectivity index (χ1v) is 10.2. The minimum absolute atomic E-state index is 0.279. The van der Waals surface area contributed by atoms with E-state index < -0.39 is 0 Å². The Bertz CT molecular complexity index is 1040. The standard InChI is InChI=1S/C26H27NO2/c1-4-9-20-18(3)12-14-22-25(20)26-21-11-7-6-10-19(21)13-15-23(26)27(22)16-8-17-29-24(28)5-2/h4-7,9-15,22,25H,2,8,16-17H2,1,3H3/b9-4-/t22-,25?/m0/s1. The summed E-state index contributed by atoms with van der Waals surface area (Å²) in [5, 5.41) is 2.60. The van der Waals surface area contributed by atoms with Gasteiger partial charge in [-0.25, -0.2) is 4.79 Å². The molecule has 0 N–H and O–H groups in total. The van der Waals surface area contributed by atoms with Crippen LogP contribution in [0, 0.1) is 0 Å². The smallest absolute Gasteiger partial charge is 0.330 e. The summed E-state index contributed by atoms with van der Waals surface area (Å²) in [6, 6.07) is 13.4. The molecule has 0 bridgehead atoms. The molecule has 2 aromatic carbocycles. The van der Waals surface area contributed by atoms with E-state index in [1.54, 1.807) is 0 Å². The molecule has 3 heteroatoms. The Balaban J connectivity index is 1.74. The predicted molar refractivity (Wildman–Crippen MR) is 120 cm³/mol. The molecule has 3 nitrogen and oxygen atoms in total. The maximum atomic E-state index is 11.4. The van der Waals surface area contributed by atoms with E-state index >= 15 is 0 Å². The van der Waals surface area contributed by atoms with Crippen molar-refractivity contribution in [2.45, 2.75) is 32.2 Å². The molecule has 0 saturated heterocycles. The lowest BCUT2D eigenvalue weighted by Crippen LogP contribution is -2.35. The number of allylic oxidation sites excluding steroid dienone is 4. The summed E-state index contributed by atoms with van der Waals surface area (Å²) in [6.45, 7) is 8.98. The molecule has 2 aliphatic rings. The molecular weight excluding hydrogens is 358 g/mol. The van der Waals surface area contributed by atoms with Gasteiger partial charge >= 0.3 is 5.97 Å². The Morgan fingerprint density at radius 1 is 1.24 bits per heavy atom. The van der Waals surface area contributed by atoms with Crippen LogP contribution in [0.25, 0.3) is 10.8 Å². The van der Waals surface area contributed by atoms with Gasteiger partial charge in [-0.1, -0.05) is 61.2 Å². The summed E-state index contributed by atoms with van der Waals surface area (Å²) in [7, 11) is 0. The van der Waals surface area contributed by atoms with Gasteiger partial charge in [-0.05, 0) is 53.8 Å². The first kappa shape index (κ1) is 19.3. The highest BCUT2D eigenvalue weighted by atomic mass is 16.5. The highest BCUT2D eigenvalue weighted by Gasteiger charge is 2.41. The van der Waals surface area contributed by atoms with Crippen LogP contribution in [-0.2, 0) is 9.53 Å². The Hall–Kier alpha value is -3.07. The zero-order valence-electron chi connectivity index (χ0n) is 17.1. The lowest BCUT2D eigenvalue weighted by molar-refractivity contribution is -0.137. The second kappa shape index (κ2) is 8.12. The lowest BCUT2D eigenvalue weighted by Gasteiger charge is -2.31. The molecule has 29 heavy (non-hydrogen) atoms. The highest BCUT2D eigenvalue weighted by molar-refractivity contribution is 5.94. The monoisotopic (exact) mass is 385 g/mol. The van der Waals surface area contributed by atoms with Crippen LogP contribution >= 0.6 is 0 Å². The average molecular weight is 386 g/mol. The van der Waals surface area contributed by atoms with E-state index in [4.69, 9.17) is 4.74 Å². The van der Waals surface area contributed by atoms with Gasteiger partial charge in [0.1, 0.15) is 0 Å². The van der Waals surface area contributed by atoms with Crippen LogP contribution in [0.15, 0.2) is 84.5 Å². The highest BCUT2D eigenvalue weighted by Crippen LogP contribution is 2.51. The van der Waals surface area contributed by atoms with Gasteiger partial charge in [0.2, 0.25) is 0 Å². The quantitative estimate of drug-likeness (QED) is 0.363. The third-order valence-corrected chi connectivity index (χ3v) is 5.90. The first-order valence-electron chi connectivity index (χ1n) is 10.2. The van der Waals surface area contributed by atoms with Crippen molar-refractivity contribution < 1.29 is 9.53 Å². The summed E-state index contributed by atoms with van der Waals surface area (Å²) in [5.74, 6) is -0.0461. The molecule has 1 heterocycles. The predicted octanol–water partition coefficient (Wildman–Crippen LogP) is 5.69. The third kappa shape index (κ3) is 3.42. The number of carbonyl (C=O) groups is 1. The molecule has 0 radical (unpaired) electrons. The van der Waals surface area contributed by atoms with E-state index in [0.29, 0.717) is 12.5 Å². The fourth-order valence-electron chi connectivity index (χ4n) is 4.66. The Morgan fingerprint density at radius 3 is 2.86 bits per heavy atom. The zero-order valence-corrected chi connectivity index (χ0v) is 17.1. The van der Waals surface area contributed by atoms with Crippen LogP contribution in [0.5, 0.6) is 0 Å². The molecule has 148 valence electrons. The molecule has 1 aliphatic heterocycles. The molecule has 0 amide bonds. The zero-order chi connectivity index (χ0) is 20.4. The van der Waals surface area contributed by atoms with Crippen molar-refractivity contribution in [3.63, 3.8) is 0 Å². The van der Waals surface area contributed by atoms with Gasteiger partial charge < -0.3 is 9.64 Å². The normalized spacial score (nSPS) is 20.3. The number of hydrogen-bond donors (Lipinski definition) is 0. The summed E-state index contributed by atoms with van der Waals surface area (Å²) in [6.07, 6.45) is 11.0. The van der Waals surface area contributed by atoms with Crippen molar-refractivity contribution in [1.29, 1.82) is 0 Å². The molecule has 0 spiro atoms. The average Bonchev–Trinajstić information content (AvgIpc) is 3.07. The van der Waals surface area contributed by atoms with Crippen molar-refractivity contribution in [3.05, 3.63) is 90.1 Å². The minimum atomic E-state index is -0.359. The summed E-state index contributed by atoms with van der Waals surface area (Å²) in [4.78, 5) is 13.8. The molecule has 2 atom stereocenters. The van der Waals surface area contributed by atoms with Crippen LogP contribution < -0.4 is 4.90 Å². The number of anilines is 1. The third-order valence-electron chi connectivity index (χ3n) is 5.90. The maximum absolute atomic E-state index is 11.4. The molecule has 2 aromatic rings. The second-order valence-corrected chi connectivity index (χ2v) is 7.60. The van der Waals surface area contributed by atoms with Crippen LogP contribution in [-0.4, -0.2) is 25.2 Å². The molecule has 1 aliphatic carbocycles. The van der Waals surface area contributed by atoms with Crippen molar-refractivity contribution in [1.82, 2.24) is 0 Å². The van der Waals surface area contributed by atoms with Crippen molar-refractivity contribution >= 4 is 22.4 Å². The first-order chi connectivity index (χ1) is 14.2. The molecule has 0 saturated carbocycles. The van der Waals surface area contributed by atoms with Crippen LogP contribution in [0.2, 0.25) is 0 Å². The number of rotatable bonds is 6. The number of carbonyl (C=O) groups excluding carboxylic acids is 1. The number of ether oxygens (including phenoxy) is 1. The molecule has 4 rings (SSSR count). The lowest BCUT2D eigenvalue weighted by atomic mass is 9.79. The Morgan fingerprint density at radius 2 is 2.07 bits per heavy atom. The van der Waals surface area contributed by atoms with E-state index in [0.717, 1.165) is 13.0 Å². The topological polar surface area (TPSA) is 29.5 Å².